The Kier molecular flexibility index (Phi) is 5.63. The fraction of sp³-hybridized carbons (Fsp3) is 1.00. The Morgan fingerprint density at radius 2 is 1.83 bits per heavy atom. The van der Waals surface area contributed by atoms with Gasteiger partial charge in [0.25, 0.3) is 0 Å². The maximum atomic E-state index is 13.6. The average molecular weight is 290 g/mol. The molecule has 0 spiro atoms. The number of phosphoric acid groups is 1. The van der Waals surface area contributed by atoms with Crippen LogP contribution in [0.3, 0.4) is 0 Å². The maximum Gasteiger partial charge on any atom is 0.476 e. The van der Waals surface area contributed by atoms with Crippen molar-refractivity contribution in [2.24, 2.45) is 0 Å². The molecule has 1 saturated heterocycles. The Bertz CT molecular complexity index is 305. The predicted molar refractivity (Wildman–Crippen MR) is 55.4 cm³/mol. The van der Waals surface area contributed by atoms with Gasteiger partial charge in [0.1, 0.15) is 18.3 Å². The first-order valence-corrected chi connectivity index (χ1v) is 6.51. The van der Waals surface area contributed by atoms with Crippen molar-refractivity contribution in [3.8, 4) is 0 Å². The van der Waals surface area contributed by atoms with Gasteiger partial charge in [0.2, 0.25) is 6.29 Å². The number of alkyl halides is 1. The highest BCUT2D eigenvalue weighted by atomic mass is 31.2. The van der Waals surface area contributed by atoms with Crippen molar-refractivity contribution in [3.05, 3.63) is 0 Å². The third-order valence-electron chi connectivity index (χ3n) is 2.49. The van der Waals surface area contributed by atoms with Crippen LogP contribution in [0, 0.1) is 0 Å². The zero-order valence-electron chi connectivity index (χ0n) is 9.80. The largest absolute Gasteiger partial charge is 0.476 e. The minimum absolute atomic E-state index is 0.672. The average Bonchev–Trinajstić information content (AvgIpc) is 2.39. The Morgan fingerprint density at radius 3 is 2.28 bits per heavy atom. The first-order valence-electron chi connectivity index (χ1n) is 5.05. The molecule has 0 radical (unpaired) electrons. The summed E-state index contributed by atoms with van der Waals surface area (Å²) in [4.78, 5) is 0. The summed E-state index contributed by atoms with van der Waals surface area (Å²) in [6.45, 7) is -0.672. The summed E-state index contributed by atoms with van der Waals surface area (Å²) in [5.74, 6) is 0. The van der Waals surface area contributed by atoms with Gasteiger partial charge < -0.3 is 20.1 Å². The zero-order valence-corrected chi connectivity index (χ0v) is 10.7. The van der Waals surface area contributed by atoms with Crippen LogP contribution in [0.1, 0.15) is 0 Å². The molecule has 0 bridgehead atoms. The van der Waals surface area contributed by atoms with E-state index in [1.165, 1.54) is 0 Å². The minimum atomic E-state index is -4.01. The Balaban J connectivity index is 2.79. The first-order chi connectivity index (χ1) is 8.38. The lowest BCUT2D eigenvalue weighted by Crippen LogP contribution is -2.57. The molecule has 3 N–H and O–H groups in total. The van der Waals surface area contributed by atoms with Gasteiger partial charge in [-0.2, -0.15) is 0 Å². The lowest BCUT2D eigenvalue weighted by molar-refractivity contribution is -0.265. The quantitative estimate of drug-likeness (QED) is 0.563. The summed E-state index contributed by atoms with van der Waals surface area (Å²) in [7, 11) is -1.96. The molecule has 0 saturated carbocycles. The molecule has 0 amide bonds. The number of hydrogen-bond acceptors (Lipinski definition) is 8. The SMILES string of the molecule is COP(=O)(OC)O[C@@H]1O[C@H](CO)[C@@H](O)[C@H](O)[C@H]1F. The molecular formula is C8H16FO8P. The molecule has 0 aromatic heterocycles. The third kappa shape index (κ3) is 3.25. The summed E-state index contributed by atoms with van der Waals surface area (Å²) in [6.07, 6.45) is -8.68. The van der Waals surface area contributed by atoms with Gasteiger partial charge in [-0.15, -0.1) is 0 Å². The first kappa shape index (κ1) is 15.9. The van der Waals surface area contributed by atoms with E-state index < -0.39 is 45.2 Å². The summed E-state index contributed by atoms with van der Waals surface area (Å²) < 4.78 is 43.6. The van der Waals surface area contributed by atoms with Crippen LogP contribution in [0.4, 0.5) is 4.39 Å². The second kappa shape index (κ2) is 6.36. The van der Waals surface area contributed by atoms with Crippen molar-refractivity contribution >= 4 is 7.82 Å². The molecule has 0 aromatic rings. The van der Waals surface area contributed by atoms with Gasteiger partial charge in [0, 0.05) is 14.2 Å². The molecule has 5 atom stereocenters. The molecule has 0 aromatic carbocycles. The molecule has 1 heterocycles. The zero-order chi connectivity index (χ0) is 13.9. The number of ether oxygens (including phenoxy) is 1. The maximum absolute atomic E-state index is 13.6. The van der Waals surface area contributed by atoms with Gasteiger partial charge in [-0.05, 0) is 0 Å². The lowest BCUT2D eigenvalue weighted by Gasteiger charge is -2.38. The van der Waals surface area contributed by atoms with Crippen LogP contribution in [0.5, 0.6) is 0 Å². The van der Waals surface area contributed by atoms with E-state index in [4.69, 9.17) is 9.84 Å². The molecule has 0 aliphatic carbocycles. The molecule has 18 heavy (non-hydrogen) atoms. The molecule has 0 unspecified atom stereocenters. The second-order valence-corrected chi connectivity index (χ2v) is 5.40. The number of aliphatic hydroxyl groups excluding tert-OH is 3. The molecule has 108 valence electrons. The van der Waals surface area contributed by atoms with E-state index >= 15 is 0 Å². The summed E-state index contributed by atoms with van der Waals surface area (Å²) in [5.41, 5.74) is 0. The van der Waals surface area contributed by atoms with Crippen LogP contribution >= 0.6 is 7.82 Å². The van der Waals surface area contributed by atoms with E-state index in [-0.39, 0.29) is 0 Å². The van der Waals surface area contributed by atoms with E-state index in [0.717, 1.165) is 14.2 Å². The molecule has 1 aliphatic rings. The van der Waals surface area contributed by atoms with E-state index in [0.29, 0.717) is 0 Å². The van der Waals surface area contributed by atoms with Gasteiger partial charge in [0.05, 0.1) is 6.61 Å². The van der Waals surface area contributed by atoms with Crippen LogP contribution in [-0.2, 0) is 22.9 Å². The van der Waals surface area contributed by atoms with Gasteiger partial charge in [0.15, 0.2) is 6.17 Å². The number of hydrogen-bond donors (Lipinski definition) is 3. The third-order valence-corrected chi connectivity index (χ3v) is 3.85. The lowest BCUT2D eigenvalue weighted by atomic mass is 10.0. The molecule has 1 rings (SSSR count). The number of aliphatic hydroxyl groups is 3. The van der Waals surface area contributed by atoms with Gasteiger partial charge in [-0.1, -0.05) is 0 Å². The smallest absolute Gasteiger partial charge is 0.394 e. The van der Waals surface area contributed by atoms with Crippen LogP contribution in [-0.4, -0.2) is 66.9 Å². The highest BCUT2D eigenvalue weighted by Crippen LogP contribution is 2.50. The summed E-state index contributed by atoms with van der Waals surface area (Å²) >= 11 is 0. The Hall–Kier alpha value is -0.120. The van der Waals surface area contributed by atoms with Crippen LogP contribution in [0.25, 0.3) is 0 Å². The fourth-order valence-corrected chi connectivity index (χ4v) is 2.16. The highest BCUT2D eigenvalue weighted by molar-refractivity contribution is 7.48. The highest BCUT2D eigenvalue weighted by Gasteiger charge is 2.48. The van der Waals surface area contributed by atoms with Crippen molar-refractivity contribution in [2.45, 2.75) is 30.8 Å². The predicted octanol–water partition coefficient (Wildman–Crippen LogP) is -0.819. The minimum Gasteiger partial charge on any atom is -0.394 e. The Labute approximate surface area is 103 Å². The van der Waals surface area contributed by atoms with Crippen LogP contribution < -0.4 is 0 Å². The normalized spacial score (nSPS) is 37.8. The molecular weight excluding hydrogens is 274 g/mol. The standard InChI is InChI=1S/C8H16FO8P/c1-14-18(13,15-2)17-8-5(9)7(12)6(11)4(3-10)16-8/h4-8,10-12H,3H2,1-2H3/t4-,5-,6-,7-,8+/m1/s1. The summed E-state index contributed by atoms with van der Waals surface area (Å²) in [5, 5.41) is 27.7. The van der Waals surface area contributed by atoms with Gasteiger partial charge in [-0.25, -0.2) is 8.96 Å². The number of rotatable bonds is 5. The summed E-state index contributed by atoms with van der Waals surface area (Å²) in [6, 6.07) is 0. The topological polar surface area (TPSA) is 115 Å². The Morgan fingerprint density at radius 1 is 1.28 bits per heavy atom. The van der Waals surface area contributed by atoms with Crippen molar-refractivity contribution in [1.29, 1.82) is 0 Å². The van der Waals surface area contributed by atoms with Crippen molar-refractivity contribution in [2.75, 3.05) is 20.8 Å². The van der Waals surface area contributed by atoms with Gasteiger partial charge >= 0.3 is 7.82 Å². The van der Waals surface area contributed by atoms with Crippen molar-refractivity contribution < 1.29 is 42.6 Å². The fourth-order valence-electron chi connectivity index (χ4n) is 1.42. The van der Waals surface area contributed by atoms with E-state index in [2.05, 4.69) is 13.6 Å². The molecule has 1 aliphatic heterocycles. The van der Waals surface area contributed by atoms with E-state index in [1.54, 1.807) is 0 Å². The molecule has 10 heteroatoms. The van der Waals surface area contributed by atoms with Crippen LogP contribution in [0.15, 0.2) is 0 Å². The van der Waals surface area contributed by atoms with Crippen LogP contribution in [0.2, 0.25) is 0 Å². The van der Waals surface area contributed by atoms with E-state index in [1.807, 2.05) is 0 Å². The van der Waals surface area contributed by atoms with E-state index in [9.17, 15) is 19.2 Å². The molecule has 8 nitrogen and oxygen atoms in total. The molecule has 1 fully saturated rings. The van der Waals surface area contributed by atoms with Crippen molar-refractivity contribution in [1.82, 2.24) is 0 Å². The van der Waals surface area contributed by atoms with Crippen molar-refractivity contribution in [3.63, 3.8) is 0 Å². The number of phosphoric ester groups is 1. The second-order valence-electron chi connectivity index (χ2n) is 3.57. The number of halogens is 1. The monoisotopic (exact) mass is 290 g/mol. The van der Waals surface area contributed by atoms with Gasteiger partial charge in [-0.3, -0.25) is 13.6 Å².